The second-order valence-corrected chi connectivity index (χ2v) is 6.89. The Morgan fingerprint density at radius 3 is 2.67 bits per heavy atom. The second-order valence-electron chi connectivity index (χ2n) is 6.89. The summed E-state index contributed by atoms with van der Waals surface area (Å²) >= 11 is 0. The van der Waals surface area contributed by atoms with Crippen LogP contribution in [0.2, 0.25) is 0 Å². The van der Waals surface area contributed by atoms with Gasteiger partial charge in [0.25, 0.3) is 5.91 Å². The summed E-state index contributed by atoms with van der Waals surface area (Å²) in [4.78, 5) is 35.4. The van der Waals surface area contributed by atoms with Crippen molar-refractivity contribution in [1.29, 1.82) is 0 Å². The minimum atomic E-state index is -0.103. The zero-order chi connectivity index (χ0) is 18.8. The topological polar surface area (TPSA) is 79.6 Å². The number of piperidine rings is 1. The lowest BCUT2D eigenvalue weighted by Crippen LogP contribution is -2.41. The number of imidazole rings is 1. The van der Waals surface area contributed by atoms with Gasteiger partial charge in [-0.2, -0.15) is 0 Å². The fraction of sp³-hybridized carbons (Fsp3) is 0.300. The fourth-order valence-corrected chi connectivity index (χ4v) is 3.34. The summed E-state index contributed by atoms with van der Waals surface area (Å²) in [6.07, 6.45) is 8.35. The number of carbonyl (C=O) groups excluding carboxylic acids is 2. The van der Waals surface area contributed by atoms with Gasteiger partial charge in [-0.1, -0.05) is 6.07 Å². The molecule has 0 aromatic carbocycles. The molecular weight excluding hydrogens is 342 g/mol. The van der Waals surface area contributed by atoms with E-state index in [1.807, 2.05) is 34.6 Å². The van der Waals surface area contributed by atoms with E-state index in [1.54, 1.807) is 30.7 Å². The molecule has 1 aliphatic heterocycles. The van der Waals surface area contributed by atoms with Crippen molar-refractivity contribution in [1.82, 2.24) is 19.3 Å². The summed E-state index contributed by atoms with van der Waals surface area (Å²) in [7, 11) is 0. The second kappa shape index (κ2) is 7.19. The third kappa shape index (κ3) is 3.67. The van der Waals surface area contributed by atoms with Crippen molar-refractivity contribution in [2.45, 2.75) is 19.8 Å². The van der Waals surface area contributed by atoms with Crippen molar-refractivity contribution in [3.8, 4) is 0 Å². The van der Waals surface area contributed by atoms with Crippen LogP contribution in [0.25, 0.3) is 5.65 Å². The van der Waals surface area contributed by atoms with Crippen molar-refractivity contribution in [3.63, 3.8) is 0 Å². The van der Waals surface area contributed by atoms with Gasteiger partial charge in [0.15, 0.2) is 0 Å². The van der Waals surface area contributed by atoms with Crippen LogP contribution in [0, 0.1) is 12.8 Å². The standard InChI is InChI=1S/C20H21N5O2/c1-14-2-4-17(22-12-14)23-19(26)15-6-9-24(10-7-15)20(27)16-3-5-18-21-8-11-25(18)13-16/h2-5,8,11-13,15H,6-7,9-10H2,1H3,(H,22,23,26). The number of pyridine rings is 2. The van der Waals surface area contributed by atoms with E-state index in [0.29, 0.717) is 37.3 Å². The Morgan fingerprint density at radius 2 is 1.93 bits per heavy atom. The zero-order valence-electron chi connectivity index (χ0n) is 15.1. The lowest BCUT2D eigenvalue weighted by Gasteiger charge is -2.31. The van der Waals surface area contributed by atoms with Gasteiger partial charge in [0.2, 0.25) is 5.91 Å². The zero-order valence-corrected chi connectivity index (χ0v) is 15.1. The summed E-state index contributed by atoms with van der Waals surface area (Å²) in [5.41, 5.74) is 2.49. The van der Waals surface area contributed by atoms with Crippen LogP contribution in [0.5, 0.6) is 0 Å². The number of anilines is 1. The van der Waals surface area contributed by atoms with Crippen LogP contribution in [-0.2, 0) is 4.79 Å². The van der Waals surface area contributed by atoms with Crippen LogP contribution in [-0.4, -0.2) is 44.2 Å². The Hall–Kier alpha value is -3.22. The van der Waals surface area contributed by atoms with Crippen LogP contribution in [0.4, 0.5) is 5.82 Å². The van der Waals surface area contributed by atoms with Crippen molar-refractivity contribution in [2.24, 2.45) is 5.92 Å². The third-order valence-corrected chi connectivity index (χ3v) is 4.95. The molecule has 0 radical (unpaired) electrons. The molecule has 27 heavy (non-hydrogen) atoms. The minimum Gasteiger partial charge on any atom is -0.339 e. The number of aromatic nitrogens is 3. The molecule has 0 bridgehead atoms. The SMILES string of the molecule is Cc1ccc(NC(=O)C2CCN(C(=O)c3ccc4nccn4c3)CC2)nc1. The largest absolute Gasteiger partial charge is 0.339 e. The maximum absolute atomic E-state index is 12.7. The molecule has 2 amide bonds. The average molecular weight is 363 g/mol. The first-order valence-corrected chi connectivity index (χ1v) is 9.06. The lowest BCUT2D eigenvalue weighted by atomic mass is 9.95. The first-order chi connectivity index (χ1) is 13.1. The summed E-state index contributed by atoms with van der Waals surface area (Å²) < 4.78 is 1.84. The fourth-order valence-electron chi connectivity index (χ4n) is 3.34. The highest BCUT2D eigenvalue weighted by atomic mass is 16.2. The van der Waals surface area contributed by atoms with Crippen LogP contribution in [0.1, 0.15) is 28.8 Å². The van der Waals surface area contributed by atoms with Crippen molar-refractivity contribution < 1.29 is 9.59 Å². The number of hydrogen-bond acceptors (Lipinski definition) is 4. The molecule has 1 N–H and O–H groups in total. The van der Waals surface area contributed by atoms with Crippen molar-refractivity contribution >= 4 is 23.3 Å². The maximum atomic E-state index is 12.7. The van der Waals surface area contributed by atoms with E-state index in [-0.39, 0.29) is 17.7 Å². The van der Waals surface area contributed by atoms with Crippen LogP contribution < -0.4 is 5.32 Å². The molecule has 3 aromatic rings. The molecule has 1 saturated heterocycles. The molecule has 1 fully saturated rings. The van der Waals surface area contributed by atoms with Gasteiger partial charge in [0, 0.05) is 43.8 Å². The highest BCUT2D eigenvalue weighted by molar-refractivity contribution is 5.95. The van der Waals surface area contributed by atoms with Gasteiger partial charge in [0.1, 0.15) is 11.5 Å². The monoisotopic (exact) mass is 363 g/mol. The predicted molar refractivity (Wildman–Crippen MR) is 101 cm³/mol. The van der Waals surface area contributed by atoms with Gasteiger partial charge >= 0.3 is 0 Å². The summed E-state index contributed by atoms with van der Waals surface area (Å²) in [5, 5.41) is 2.87. The highest BCUT2D eigenvalue weighted by Gasteiger charge is 2.28. The van der Waals surface area contributed by atoms with Crippen LogP contribution >= 0.6 is 0 Å². The van der Waals surface area contributed by atoms with Crippen molar-refractivity contribution in [3.05, 3.63) is 60.2 Å². The highest BCUT2D eigenvalue weighted by Crippen LogP contribution is 2.21. The maximum Gasteiger partial charge on any atom is 0.255 e. The Kier molecular flexibility index (Phi) is 4.58. The summed E-state index contributed by atoms with van der Waals surface area (Å²) in [6, 6.07) is 7.35. The number of carbonyl (C=O) groups is 2. The molecule has 0 atom stereocenters. The van der Waals surface area contributed by atoms with E-state index in [0.717, 1.165) is 11.2 Å². The number of likely N-dealkylation sites (tertiary alicyclic amines) is 1. The van der Waals surface area contributed by atoms with E-state index < -0.39 is 0 Å². The summed E-state index contributed by atoms with van der Waals surface area (Å²) in [5.74, 6) is 0.425. The van der Waals surface area contributed by atoms with E-state index in [9.17, 15) is 9.59 Å². The van der Waals surface area contributed by atoms with E-state index in [4.69, 9.17) is 0 Å². The smallest absolute Gasteiger partial charge is 0.255 e. The van der Waals surface area contributed by atoms with E-state index >= 15 is 0 Å². The Morgan fingerprint density at radius 1 is 1.11 bits per heavy atom. The number of nitrogens with one attached hydrogen (secondary N) is 1. The first kappa shape index (κ1) is 17.2. The number of hydrogen-bond donors (Lipinski definition) is 1. The third-order valence-electron chi connectivity index (χ3n) is 4.95. The van der Waals surface area contributed by atoms with Gasteiger partial charge in [-0.25, -0.2) is 9.97 Å². The van der Waals surface area contributed by atoms with Gasteiger partial charge in [-0.3, -0.25) is 9.59 Å². The van der Waals surface area contributed by atoms with Crippen LogP contribution in [0.15, 0.2) is 49.1 Å². The van der Waals surface area contributed by atoms with Crippen molar-refractivity contribution in [2.75, 3.05) is 18.4 Å². The Bertz CT molecular complexity index is 971. The molecular formula is C20H21N5O2. The molecule has 7 heteroatoms. The Balaban J connectivity index is 1.35. The molecule has 1 aliphatic rings. The number of rotatable bonds is 3. The average Bonchev–Trinajstić information content (AvgIpc) is 3.17. The lowest BCUT2D eigenvalue weighted by molar-refractivity contribution is -0.121. The number of aryl methyl sites for hydroxylation is 1. The number of amides is 2. The molecule has 0 spiro atoms. The normalized spacial score (nSPS) is 15.1. The van der Waals surface area contributed by atoms with Gasteiger partial charge in [-0.15, -0.1) is 0 Å². The quantitative estimate of drug-likeness (QED) is 0.775. The van der Waals surface area contributed by atoms with E-state index in [1.165, 1.54) is 0 Å². The Labute approximate surface area is 157 Å². The predicted octanol–water partition coefficient (Wildman–Crippen LogP) is 2.53. The molecule has 0 saturated carbocycles. The van der Waals surface area contributed by atoms with Gasteiger partial charge in [0.05, 0.1) is 5.56 Å². The van der Waals surface area contributed by atoms with Crippen LogP contribution in [0.3, 0.4) is 0 Å². The summed E-state index contributed by atoms with van der Waals surface area (Å²) in [6.45, 7) is 3.09. The van der Waals surface area contributed by atoms with E-state index in [2.05, 4.69) is 15.3 Å². The van der Waals surface area contributed by atoms with Gasteiger partial charge in [-0.05, 0) is 43.5 Å². The number of fused-ring (bicyclic) bond motifs is 1. The molecule has 3 aromatic heterocycles. The molecule has 4 heterocycles. The minimum absolute atomic E-state index is 0.00957. The molecule has 0 unspecified atom stereocenters. The van der Waals surface area contributed by atoms with Gasteiger partial charge < -0.3 is 14.6 Å². The molecule has 138 valence electrons. The first-order valence-electron chi connectivity index (χ1n) is 9.06. The number of nitrogens with zero attached hydrogens (tertiary/aromatic N) is 4. The molecule has 4 rings (SSSR count). The molecule has 0 aliphatic carbocycles. The molecule has 7 nitrogen and oxygen atoms in total.